The Morgan fingerprint density at radius 3 is 1.57 bits per heavy atom. The zero-order valence-electron chi connectivity index (χ0n) is 7.02. The van der Waals surface area contributed by atoms with Gasteiger partial charge in [0, 0.05) is 22.9 Å². The highest BCUT2D eigenvalue weighted by Gasteiger charge is 2.07. The molecule has 0 bridgehead atoms. The molecule has 1 aromatic carbocycles. The van der Waals surface area contributed by atoms with Crippen LogP contribution in [0.2, 0.25) is 0 Å². The number of fused-ring (bicyclic) bond motifs is 2. The van der Waals surface area contributed by atoms with Crippen molar-refractivity contribution in [2.45, 2.75) is 0 Å². The van der Waals surface area contributed by atoms with E-state index in [0.717, 1.165) is 10.8 Å². The summed E-state index contributed by atoms with van der Waals surface area (Å²) in [5, 5.41) is 19.7. The van der Waals surface area contributed by atoms with Crippen molar-refractivity contribution in [3.63, 3.8) is 0 Å². The fraction of sp³-hybridized carbons (Fsp3) is 0. The monoisotopic (exact) mass is 190 g/mol. The van der Waals surface area contributed by atoms with Gasteiger partial charge in [0.2, 0.25) is 0 Å². The zero-order valence-corrected chi connectivity index (χ0v) is 7.02. The van der Waals surface area contributed by atoms with E-state index in [0.29, 0.717) is 11.2 Å². The Morgan fingerprint density at radius 1 is 0.714 bits per heavy atom. The molecule has 0 radical (unpaired) electrons. The Labute approximate surface area is 78.0 Å². The largest absolute Gasteiger partial charge is 0.481 e. The van der Waals surface area contributed by atoms with Crippen LogP contribution in [0.25, 0.3) is 21.9 Å². The van der Waals surface area contributed by atoms with E-state index in [9.17, 15) is 0 Å². The molecule has 2 aromatic heterocycles. The summed E-state index contributed by atoms with van der Waals surface area (Å²) < 4.78 is 10.0. The van der Waals surface area contributed by atoms with Gasteiger partial charge in [0.1, 0.15) is 11.2 Å². The lowest BCUT2D eigenvalue weighted by Gasteiger charge is -1.87. The number of furan rings is 2. The van der Waals surface area contributed by atoms with E-state index in [4.69, 9.17) is 19.0 Å². The van der Waals surface area contributed by atoms with Gasteiger partial charge in [-0.25, -0.2) is 0 Å². The summed E-state index contributed by atoms with van der Waals surface area (Å²) in [4.78, 5) is 0. The molecule has 0 aliphatic heterocycles. The Bertz CT molecular complexity index is 515. The normalized spacial score (nSPS) is 11.4. The number of benzene rings is 1. The van der Waals surface area contributed by atoms with E-state index in [1.165, 1.54) is 12.1 Å². The molecule has 0 saturated heterocycles. The van der Waals surface area contributed by atoms with Gasteiger partial charge in [-0.05, 0) is 12.1 Å². The van der Waals surface area contributed by atoms with Gasteiger partial charge in [-0.1, -0.05) is 0 Å². The first-order valence-corrected chi connectivity index (χ1v) is 4.07. The highest BCUT2D eigenvalue weighted by Crippen LogP contribution is 2.31. The molecule has 0 fully saturated rings. The van der Waals surface area contributed by atoms with Crippen LogP contribution in [0.3, 0.4) is 0 Å². The lowest BCUT2D eigenvalue weighted by atomic mass is 10.2. The molecule has 0 aliphatic rings. The Balaban J connectivity index is 2.49. The Hall–Kier alpha value is -2.10. The van der Waals surface area contributed by atoms with Crippen molar-refractivity contribution in [2.75, 3.05) is 0 Å². The molecule has 70 valence electrons. The second-order valence-corrected chi connectivity index (χ2v) is 3.10. The molecule has 4 heteroatoms. The van der Waals surface area contributed by atoms with Gasteiger partial charge in [-0.2, -0.15) is 0 Å². The average molecular weight is 190 g/mol. The van der Waals surface area contributed by atoms with E-state index >= 15 is 0 Å². The quantitative estimate of drug-likeness (QED) is 0.571. The third-order valence-electron chi connectivity index (χ3n) is 2.13. The fourth-order valence-electron chi connectivity index (χ4n) is 1.54. The molecule has 0 saturated carbocycles. The maximum atomic E-state index is 9.11. The van der Waals surface area contributed by atoms with Gasteiger partial charge in [-0.15, -0.1) is 0 Å². The minimum atomic E-state index is -0.128. The van der Waals surface area contributed by atoms with E-state index < -0.39 is 0 Å². The van der Waals surface area contributed by atoms with Crippen molar-refractivity contribution >= 4 is 21.9 Å². The third-order valence-corrected chi connectivity index (χ3v) is 2.13. The topological polar surface area (TPSA) is 66.7 Å². The number of hydrogen-bond donors (Lipinski definition) is 2. The molecular formula is C10H6O4. The SMILES string of the molecule is Oc1cc2cc3oc(O)cc3cc2o1. The van der Waals surface area contributed by atoms with Crippen molar-refractivity contribution in [3.05, 3.63) is 24.3 Å². The van der Waals surface area contributed by atoms with Crippen molar-refractivity contribution in [1.29, 1.82) is 0 Å². The lowest BCUT2D eigenvalue weighted by Crippen LogP contribution is -1.63. The minimum Gasteiger partial charge on any atom is -0.481 e. The molecule has 0 amide bonds. The summed E-state index contributed by atoms with van der Waals surface area (Å²) in [5.41, 5.74) is 1.13. The van der Waals surface area contributed by atoms with Crippen LogP contribution in [-0.2, 0) is 0 Å². The zero-order chi connectivity index (χ0) is 9.71. The Kier molecular flexibility index (Phi) is 1.16. The van der Waals surface area contributed by atoms with Crippen LogP contribution < -0.4 is 0 Å². The summed E-state index contributed by atoms with van der Waals surface area (Å²) >= 11 is 0. The van der Waals surface area contributed by atoms with Crippen molar-refractivity contribution in [2.24, 2.45) is 0 Å². The van der Waals surface area contributed by atoms with Gasteiger partial charge in [0.25, 0.3) is 11.9 Å². The molecule has 0 atom stereocenters. The predicted octanol–water partition coefficient (Wildman–Crippen LogP) is 2.59. The second kappa shape index (κ2) is 2.23. The molecule has 0 aliphatic carbocycles. The van der Waals surface area contributed by atoms with E-state index in [2.05, 4.69) is 0 Å². The van der Waals surface area contributed by atoms with Crippen LogP contribution in [0.5, 0.6) is 11.9 Å². The van der Waals surface area contributed by atoms with E-state index in [1.54, 1.807) is 12.1 Å². The first-order valence-electron chi connectivity index (χ1n) is 4.07. The van der Waals surface area contributed by atoms with Gasteiger partial charge >= 0.3 is 0 Å². The Morgan fingerprint density at radius 2 is 1.14 bits per heavy atom. The van der Waals surface area contributed by atoms with Gasteiger partial charge in [-0.3, -0.25) is 0 Å². The first-order chi connectivity index (χ1) is 6.72. The molecule has 3 aromatic rings. The van der Waals surface area contributed by atoms with Crippen LogP contribution in [0.15, 0.2) is 33.1 Å². The van der Waals surface area contributed by atoms with Crippen LogP contribution in [0.4, 0.5) is 0 Å². The maximum absolute atomic E-state index is 9.11. The molecule has 14 heavy (non-hydrogen) atoms. The second-order valence-electron chi connectivity index (χ2n) is 3.10. The average Bonchev–Trinajstić information content (AvgIpc) is 2.59. The highest BCUT2D eigenvalue weighted by molar-refractivity contribution is 5.94. The van der Waals surface area contributed by atoms with E-state index in [1.807, 2.05) is 0 Å². The summed E-state index contributed by atoms with van der Waals surface area (Å²) in [6.45, 7) is 0. The van der Waals surface area contributed by atoms with Crippen LogP contribution in [0, 0.1) is 0 Å². The van der Waals surface area contributed by atoms with Gasteiger partial charge in [0.05, 0.1) is 0 Å². The van der Waals surface area contributed by atoms with Crippen molar-refractivity contribution in [1.82, 2.24) is 0 Å². The molecule has 4 nitrogen and oxygen atoms in total. The minimum absolute atomic E-state index is 0.128. The number of rotatable bonds is 0. The smallest absolute Gasteiger partial charge is 0.282 e. The summed E-state index contributed by atoms with van der Waals surface area (Å²) in [6, 6.07) is 6.39. The van der Waals surface area contributed by atoms with Crippen LogP contribution in [0.1, 0.15) is 0 Å². The molecule has 2 heterocycles. The molecule has 2 N–H and O–H groups in total. The molecular weight excluding hydrogens is 184 g/mol. The fourth-order valence-corrected chi connectivity index (χ4v) is 1.54. The summed E-state index contributed by atoms with van der Waals surface area (Å²) in [7, 11) is 0. The maximum Gasteiger partial charge on any atom is 0.282 e. The van der Waals surface area contributed by atoms with Gasteiger partial charge < -0.3 is 19.0 Å². The van der Waals surface area contributed by atoms with Crippen LogP contribution >= 0.6 is 0 Å². The molecule has 0 spiro atoms. The van der Waals surface area contributed by atoms with Crippen LogP contribution in [-0.4, -0.2) is 10.2 Å². The van der Waals surface area contributed by atoms with Crippen molar-refractivity contribution in [3.8, 4) is 11.9 Å². The summed E-state index contributed by atoms with van der Waals surface area (Å²) in [5.74, 6) is -0.256. The highest BCUT2D eigenvalue weighted by atomic mass is 16.5. The molecule has 0 unspecified atom stereocenters. The first kappa shape index (κ1) is 7.32. The standard InChI is InChI=1S/C10H6O4/c11-9-3-5-1-7-6(2-8(5)14-9)4-10(12)13-7/h1-4,11-12H. The number of aromatic hydroxyl groups is 2. The molecule has 3 rings (SSSR count). The number of hydrogen-bond acceptors (Lipinski definition) is 4. The predicted molar refractivity (Wildman–Crippen MR) is 49.3 cm³/mol. The van der Waals surface area contributed by atoms with E-state index in [-0.39, 0.29) is 11.9 Å². The lowest BCUT2D eigenvalue weighted by molar-refractivity contribution is 0.345. The third kappa shape index (κ3) is 0.877. The van der Waals surface area contributed by atoms with Crippen molar-refractivity contribution < 1.29 is 19.0 Å². The summed E-state index contributed by atoms with van der Waals surface area (Å²) in [6.07, 6.45) is 0. The van der Waals surface area contributed by atoms with Gasteiger partial charge in [0.15, 0.2) is 0 Å².